The maximum Gasteiger partial charge on any atom is 0.290 e. The van der Waals surface area contributed by atoms with Crippen molar-refractivity contribution in [3.8, 4) is 0 Å². The van der Waals surface area contributed by atoms with E-state index in [0.717, 1.165) is 51.7 Å². The molecule has 1 N–H and O–H groups in total. The lowest BCUT2D eigenvalue weighted by Gasteiger charge is -2.27. The van der Waals surface area contributed by atoms with E-state index in [0.29, 0.717) is 12.3 Å². The summed E-state index contributed by atoms with van der Waals surface area (Å²) in [5.41, 5.74) is 0.128. The maximum atomic E-state index is 12.6. The molecule has 0 spiro atoms. The highest BCUT2D eigenvalue weighted by Crippen LogP contribution is 2.37. The van der Waals surface area contributed by atoms with Gasteiger partial charge in [0.1, 0.15) is 11.8 Å². The van der Waals surface area contributed by atoms with Crippen LogP contribution < -0.4 is 0 Å². The summed E-state index contributed by atoms with van der Waals surface area (Å²) < 4.78 is 5.46. The van der Waals surface area contributed by atoms with Gasteiger partial charge < -0.3 is 19.3 Å². The van der Waals surface area contributed by atoms with Crippen molar-refractivity contribution in [2.75, 3.05) is 26.2 Å². The predicted octanol–water partition coefficient (Wildman–Crippen LogP) is 3.86. The number of ketones is 1. The van der Waals surface area contributed by atoms with Crippen molar-refractivity contribution in [3.05, 3.63) is 35.5 Å². The largest absolute Gasteiger partial charge is 0.503 e. The summed E-state index contributed by atoms with van der Waals surface area (Å²) in [5, 5.41) is 10.2. The highest BCUT2D eigenvalue weighted by atomic mass is 16.3. The second-order valence-corrected chi connectivity index (χ2v) is 7.14. The zero-order valence-corrected chi connectivity index (χ0v) is 16.7. The maximum absolute atomic E-state index is 12.6. The van der Waals surface area contributed by atoms with Gasteiger partial charge in [-0.1, -0.05) is 26.7 Å². The normalized spacial score (nSPS) is 17.4. The van der Waals surface area contributed by atoms with Gasteiger partial charge in [0, 0.05) is 6.54 Å². The van der Waals surface area contributed by atoms with Gasteiger partial charge in [0.15, 0.2) is 11.5 Å². The smallest absolute Gasteiger partial charge is 0.290 e. The van der Waals surface area contributed by atoms with Crippen LogP contribution in [0.4, 0.5) is 0 Å². The molecule has 1 aromatic heterocycles. The van der Waals surface area contributed by atoms with Crippen molar-refractivity contribution in [3.63, 3.8) is 0 Å². The number of hydrogen-bond acceptors (Lipinski definition) is 5. The minimum Gasteiger partial charge on any atom is -0.503 e. The molecule has 0 saturated carbocycles. The first kappa shape index (κ1) is 21.2. The van der Waals surface area contributed by atoms with Crippen LogP contribution in [0.5, 0.6) is 0 Å². The summed E-state index contributed by atoms with van der Waals surface area (Å²) in [6.45, 7) is 9.24. The van der Waals surface area contributed by atoms with E-state index in [4.69, 9.17) is 4.42 Å². The topological polar surface area (TPSA) is 74.0 Å². The molecule has 1 aliphatic heterocycles. The van der Waals surface area contributed by atoms with E-state index >= 15 is 0 Å². The van der Waals surface area contributed by atoms with Crippen molar-refractivity contribution >= 4 is 11.7 Å². The zero-order chi connectivity index (χ0) is 19.8. The fourth-order valence-electron chi connectivity index (χ4n) is 3.55. The predicted molar refractivity (Wildman–Crippen MR) is 104 cm³/mol. The Kier molecular flexibility index (Phi) is 8.10. The van der Waals surface area contributed by atoms with Gasteiger partial charge in [0.05, 0.1) is 11.8 Å². The summed E-state index contributed by atoms with van der Waals surface area (Å²) >= 11 is 0. The third kappa shape index (κ3) is 5.22. The van der Waals surface area contributed by atoms with Crippen LogP contribution in [0.3, 0.4) is 0 Å². The molecule has 2 heterocycles. The molecule has 0 saturated heterocycles. The Balaban J connectivity index is 2.05. The molecule has 150 valence electrons. The minimum absolute atomic E-state index is 0.128. The lowest BCUT2D eigenvalue weighted by atomic mass is 10.0. The molecule has 0 fully saturated rings. The van der Waals surface area contributed by atoms with E-state index in [2.05, 4.69) is 18.7 Å². The number of aliphatic hydroxyl groups is 1. The minimum atomic E-state index is -0.635. The lowest BCUT2D eigenvalue weighted by molar-refractivity contribution is -0.129. The number of rotatable bonds is 12. The third-order valence-electron chi connectivity index (χ3n) is 5.02. The monoisotopic (exact) mass is 376 g/mol. The Morgan fingerprint density at radius 1 is 1.19 bits per heavy atom. The molecule has 0 bridgehead atoms. The summed E-state index contributed by atoms with van der Waals surface area (Å²) in [6.07, 6.45) is 6.95. The van der Waals surface area contributed by atoms with Crippen LogP contribution in [0.25, 0.3) is 0 Å². The van der Waals surface area contributed by atoms with Crippen LogP contribution >= 0.6 is 0 Å². The van der Waals surface area contributed by atoms with Gasteiger partial charge in [-0.25, -0.2) is 0 Å². The van der Waals surface area contributed by atoms with Gasteiger partial charge in [-0.2, -0.15) is 0 Å². The lowest BCUT2D eigenvalue weighted by Crippen LogP contribution is -2.35. The molecule has 1 aromatic rings. The van der Waals surface area contributed by atoms with Crippen molar-refractivity contribution < 1.29 is 19.1 Å². The van der Waals surface area contributed by atoms with E-state index < -0.39 is 17.7 Å². The van der Waals surface area contributed by atoms with E-state index in [9.17, 15) is 14.7 Å². The number of hydrogen-bond donors (Lipinski definition) is 1. The van der Waals surface area contributed by atoms with Gasteiger partial charge in [-0.05, 0) is 58.0 Å². The Bertz CT molecular complexity index is 643. The van der Waals surface area contributed by atoms with Crippen LogP contribution in [0.2, 0.25) is 0 Å². The first-order valence-electron chi connectivity index (χ1n) is 10.0. The second-order valence-electron chi connectivity index (χ2n) is 7.14. The number of carbonyl (C=O) groups excluding carboxylic acids is 2. The number of Topliss-reactive ketones (excluding diaryl/α,β-unsaturated/α-hetero) is 1. The first-order valence-corrected chi connectivity index (χ1v) is 10.0. The molecule has 0 radical (unpaired) electrons. The summed E-state index contributed by atoms with van der Waals surface area (Å²) in [7, 11) is 0. The van der Waals surface area contributed by atoms with Crippen LogP contribution in [-0.2, 0) is 9.59 Å². The molecule has 6 nitrogen and oxygen atoms in total. The zero-order valence-electron chi connectivity index (χ0n) is 16.7. The summed E-state index contributed by atoms with van der Waals surface area (Å²) in [4.78, 5) is 28.6. The quantitative estimate of drug-likeness (QED) is 0.600. The average molecular weight is 376 g/mol. The number of unbranched alkanes of at least 4 members (excludes halogenated alkanes) is 2. The van der Waals surface area contributed by atoms with Crippen LogP contribution in [0.1, 0.15) is 64.7 Å². The molecule has 0 aliphatic carbocycles. The van der Waals surface area contributed by atoms with Crippen molar-refractivity contribution in [1.29, 1.82) is 0 Å². The number of furan rings is 1. The van der Waals surface area contributed by atoms with Crippen molar-refractivity contribution in [2.45, 2.75) is 58.9 Å². The van der Waals surface area contributed by atoms with Gasteiger partial charge in [0.25, 0.3) is 5.91 Å². The molecule has 0 aromatic carbocycles. The van der Waals surface area contributed by atoms with Gasteiger partial charge in [-0.15, -0.1) is 0 Å². The van der Waals surface area contributed by atoms with E-state index in [-0.39, 0.29) is 11.4 Å². The highest BCUT2D eigenvalue weighted by molar-refractivity contribution is 6.07. The van der Waals surface area contributed by atoms with E-state index in [1.165, 1.54) is 13.2 Å². The highest BCUT2D eigenvalue weighted by Gasteiger charge is 2.43. The number of nitrogens with zero attached hydrogens (tertiary/aromatic N) is 2. The van der Waals surface area contributed by atoms with Crippen LogP contribution in [0.15, 0.2) is 34.1 Å². The molecule has 1 amide bonds. The van der Waals surface area contributed by atoms with E-state index in [1.807, 2.05) is 0 Å². The van der Waals surface area contributed by atoms with E-state index in [1.54, 1.807) is 17.0 Å². The first-order chi connectivity index (χ1) is 13.0. The fraction of sp³-hybridized carbons (Fsp3) is 0.619. The standard InChI is InChI=1S/C21H32N2O4/c1-4-6-11-22(12-7-5-2)13-9-14-23-19(17-10-8-15-27-17)18(16(3)24)20(25)21(23)26/h8,10,15,19,25H,4-7,9,11-14H2,1-3H3. The summed E-state index contributed by atoms with van der Waals surface area (Å²) in [6, 6.07) is 2.83. The Hall–Kier alpha value is -2.08. The molecule has 2 rings (SSSR count). The van der Waals surface area contributed by atoms with Crippen molar-refractivity contribution in [2.24, 2.45) is 0 Å². The molecule has 1 atom stereocenters. The molecular formula is C21H32N2O4. The van der Waals surface area contributed by atoms with Gasteiger partial charge in [0.2, 0.25) is 0 Å². The number of carbonyl (C=O) groups is 2. The molecule has 1 unspecified atom stereocenters. The van der Waals surface area contributed by atoms with Crippen LogP contribution in [-0.4, -0.2) is 52.8 Å². The number of aliphatic hydroxyl groups excluding tert-OH is 1. The van der Waals surface area contributed by atoms with Gasteiger partial charge in [-0.3, -0.25) is 9.59 Å². The Morgan fingerprint density at radius 2 is 1.81 bits per heavy atom. The van der Waals surface area contributed by atoms with Gasteiger partial charge >= 0.3 is 0 Å². The summed E-state index contributed by atoms with van der Waals surface area (Å²) in [5.74, 6) is -0.739. The Labute approximate surface area is 161 Å². The molecule has 1 aliphatic rings. The van der Waals surface area contributed by atoms with Crippen molar-refractivity contribution in [1.82, 2.24) is 9.80 Å². The molecule has 27 heavy (non-hydrogen) atoms. The van der Waals surface area contributed by atoms with Crippen LogP contribution in [0, 0.1) is 0 Å². The molecule has 6 heteroatoms. The SMILES string of the molecule is CCCCN(CCCC)CCCN1C(=O)C(O)=C(C(C)=O)C1c1ccco1. The second kappa shape index (κ2) is 10.3. The fourth-order valence-corrected chi connectivity index (χ4v) is 3.55. The molecular weight excluding hydrogens is 344 g/mol. The average Bonchev–Trinajstić information content (AvgIpc) is 3.25. The number of amides is 1. The third-order valence-corrected chi connectivity index (χ3v) is 5.02. The Morgan fingerprint density at radius 3 is 2.33 bits per heavy atom.